The molecule has 4 aromatic rings. The van der Waals surface area contributed by atoms with Crippen LogP contribution in [0.4, 0.5) is 0 Å². The molecule has 0 saturated carbocycles. The van der Waals surface area contributed by atoms with Gasteiger partial charge < -0.3 is 4.74 Å². The van der Waals surface area contributed by atoms with Crippen LogP contribution in [0.3, 0.4) is 0 Å². The number of carbonyl (C=O) groups is 3. The monoisotopic (exact) mass is 505 g/mol. The van der Waals surface area contributed by atoms with E-state index in [-0.39, 0.29) is 35.7 Å². The minimum absolute atomic E-state index is 0.0347. The molecule has 184 valence electrons. The number of hydrogen-bond acceptors (Lipinski definition) is 6. The summed E-state index contributed by atoms with van der Waals surface area (Å²) in [5.41, 5.74) is 1.90. The highest BCUT2D eigenvalue weighted by atomic mass is 35.5. The van der Waals surface area contributed by atoms with E-state index < -0.39 is 18.4 Å². The number of aromatic nitrogens is 3. The molecule has 2 aromatic carbocycles. The van der Waals surface area contributed by atoms with Crippen molar-refractivity contribution in [3.63, 3.8) is 0 Å². The third kappa shape index (κ3) is 4.85. The molecular weight excluding hydrogens is 482 g/mol. The van der Waals surface area contributed by atoms with Crippen molar-refractivity contribution in [2.45, 2.75) is 26.8 Å². The summed E-state index contributed by atoms with van der Waals surface area (Å²) in [6.07, 6.45) is 0.180. The van der Waals surface area contributed by atoms with Crippen molar-refractivity contribution >= 4 is 39.9 Å². The van der Waals surface area contributed by atoms with Gasteiger partial charge in [-0.25, -0.2) is 0 Å². The summed E-state index contributed by atoms with van der Waals surface area (Å²) in [6.45, 7) is 2.51. The molecule has 0 aliphatic rings. The summed E-state index contributed by atoms with van der Waals surface area (Å²) in [7, 11) is 1.59. The third-order valence-corrected chi connectivity index (χ3v) is 6.06. The van der Waals surface area contributed by atoms with E-state index in [2.05, 4.69) is 5.10 Å². The van der Waals surface area contributed by atoms with Gasteiger partial charge in [0.15, 0.2) is 12.4 Å². The maximum atomic E-state index is 13.7. The van der Waals surface area contributed by atoms with E-state index in [4.69, 9.17) is 16.3 Å². The van der Waals surface area contributed by atoms with E-state index in [0.29, 0.717) is 27.1 Å². The number of ketones is 2. The van der Waals surface area contributed by atoms with Gasteiger partial charge in [0.2, 0.25) is 5.78 Å². The predicted octanol–water partition coefficient (Wildman–Crippen LogP) is 4.44. The van der Waals surface area contributed by atoms with Gasteiger partial charge >= 0.3 is 5.97 Å². The first kappa shape index (κ1) is 25.1. The van der Waals surface area contributed by atoms with Gasteiger partial charge in [0.05, 0.1) is 17.9 Å². The Morgan fingerprint density at radius 3 is 2.39 bits per heavy atom. The number of esters is 1. The van der Waals surface area contributed by atoms with E-state index >= 15 is 0 Å². The molecule has 0 saturated heterocycles. The van der Waals surface area contributed by atoms with Crippen LogP contribution in [0, 0.1) is 0 Å². The number of hydrogen-bond donors (Lipinski definition) is 0. The van der Waals surface area contributed by atoms with Gasteiger partial charge in [-0.05, 0) is 35.2 Å². The van der Waals surface area contributed by atoms with Crippen LogP contribution in [0.15, 0.2) is 59.4 Å². The maximum Gasteiger partial charge on any atom is 0.303 e. The molecular formula is C27H24ClN3O5. The van der Waals surface area contributed by atoms with Crippen LogP contribution in [-0.2, 0) is 23.1 Å². The molecule has 0 aliphatic carbocycles. The molecule has 2 aromatic heterocycles. The standard InChI is InChI=1S/C27H24ClN3O5/c1-4-23(33)26-25(17-8-6-5-7-9-17)21-12-18(28)10-11-20(21)27(35)31(26)14-19-13-22(30(3)29-19)24(34)15-36-16(2)32/h5-13H,4,14-15H2,1-3H3. The Balaban J connectivity index is 1.93. The van der Waals surface area contributed by atoms with Gasteiger partial charge in [-0.15, -0.1) is 0 Å². The van der Waals surface area contributed by atoms with Gasteiger partial charge in [0.25, 0.3) is 5.56 Å². The molecule has 0 N–H and O–H groups in total. The number of aryl methyl sites for hydroxylation is 1. The zero-order valence-corrected chi connectivity index (χ0v) is 20.8. The summed E-state index contributed by atoms with van der Waals surface area (Å²) in [6, 6.07) is 15.9. The lowest BCUT2D eigenvalue weighted by Crippen LogP contribution is -2.28. The van der Waals surface area contributed by atoms with E-state index in [9.17, 15) is 19.2 Å². The molecule has 8 nitrogen and oxygen atoms in total. The molecule has 0 spiro atoms. The number of pyridine rings is 1. The number of carbonyl (C=O) groups excluding carboxylic acids is 3. The van der Waals surface area contributed by atoms with E-state index in [1.807, 2.05) is 30.3 Å². The van der Waals surface area contributed by atoms with Crippen molar-refractivity contribution < 1.29 is 19.1 Å². The van der Waals surface area contributed by atoms with Crippen LogP contribution < -0.4 is 5.56 Å². The molecule has 0 bridgehead atoms. The topological polar surface area (TPSA) is 100 Å². The molecule has 0 aliphatic heterocycles. The summed E-state index contributed by atoms with van der Waals surface area (Å²) < 4.78 is 7.58. The molecule has 4 rings (SSSR count). The Morgan fingerprint density at radius 1 is 1.00 bits per heavy atom. The molecule has 2 heterocycles. The first-order valence-electron chi connectivity index (χ1n) is 11.3. The Labute approximate surface area is 212 Å². The summed E-state index contributed by atoms with van der Waals surface area (Å²) in [5.74, 6) is -1.21. The van der Waals surface area contributed by atoms with Crippen molar-refractivity contribution in [1.29, 1.82) is 0 Å². The minimum atomic E-state index is -0.565. The minimum Gasteiger partial charge on any atom is -0.457 e. The van der Waals surface area contributed by atoms with E-state index in [1.165, 1.54) is 22.2 Å². The fourth-order valence-electron chi connectivity index (χ4n) is 4.19. The lowest BCUT2D eigenvalue weighted by molar-refractivity contribution is -0.139. The Bertz CT molecular complexity index is 1550. The second-order valence-electron chi connectivity index (χ2n) is 8.30. The van der Waals surface area contributed by atoms with Crippen LogP contribution in [0.5, 0.6) is 0 Å². The Kier molecular flexibility index (Phi) is 7.17. The highest BCUT2D eigenvalue weighted by molar-refractivity contribution is 6.31. The van der Waals surface area contributed by atoms with E-state index in [0.717, 1.165) is 5.56 Å². The number of benzene rings is 2. The SMILES string of the molecule is CCC(=O)c1c(-c2ccccc2)c2cc(Cl)ccc2c(=O)n1Cc1cc(C(=O)COC(C)=O)n(C)n1. The van der Waals surface area contributed by atoms with Crippen molar-refractivity contribution in [3.8, 4) is 11.1 Å². The highest BCUT2D eigenvalue weighted by Gasteiger charge is 2.24. The highest BCUT2D eigenvalue weighted by Crippen LogP contribution is 2.33. The second-order valence-corrected chi connectivity index (χ2v) is 8.73. The lowest BCUT2D eigenvalue weighted by Gasteiger charge is -2.19. The van der Waals surface area contributed by atoms with E-state index in [1.54, 1.807) is 32.2 Å². The molecule has 0 unspecified atom stereocenters. The first-order valence-corrected chi connectivity index (χ1v) is 11.7. The summed E-state index contributed by atoms with van der Waals surface area (Å²) in [5, 5.41) is 5.83. The van der Waals surface area contributed by atoms with Gasteiger partial charge in [0.1, 0.15) is 5.69 Å². The number of nitrogens with zero attached hydrogens (tertiary/aromatic N) is 3. The average molecular weight is 506 g/mol. The first-order chi connectivity index (χ1) is 17.2. The molecule has 0 amide bonds. The van der Waals surface area contributed by atoms with Crippen molar-refractivity contribution in [2.24, 2.45) is 7.05 Å². The maximum absolute atomic E-state index is 13.7. The largest absolute Gasteiger partial charge is 0.457 e. The van der Waals surface area contributed by atoms with Crippen molar-refractivity contribution in [1.82, 2.24) is 14.3 Å². The number of Topliss-reactive ketones (excluding diaryl/α,β-unsaturated/α-hetero) is 2. The molecule has 0 fully saturated rings. The summed E-state index contributed by atoms with van der Waals surface area (Å²) >= 11 is 6.29. The van der Waals surface area contributed by atoms with Crippen molar-refractivity contribution in [3.05, 3.63) is 87.1 Å². The zero-order valence-electron chi connectivity index (χ0n) is 20.1. The molecule has 0 radical (unpaired) electrons. The van der Waals surface area contributed by atoms with Crippen LogP contribution in [0.1, 0.15) is 46.9 Å². The van der Waals surface area contributed by atoms with Crippen LogP contribution in [0.25, 0.3) is 21.9 Å². The van der Waals surface area contributed by atoms with Crippen molar-refractivity contribution in [2.75, 3.05) is 6.61 Å². The lowest BCUT2D eigenvalue weighted by atomic mass is 9.94. The van der Waals surface area contributed by atoms with Crippen LogP contribution in [0.2, 0.25) is 5.02 Å². The second kappa shape index (κ2) is 10.3. The summed E-state index contributed by atoms with van der Waals surface area (Å²) in [4.78, 5) is 50.6. The van der Waals surface area contributed by atoms with Gasteiger partial charge in [-0.3, -0.25) is 28.4 Å². The number of ether oxygens (including phenoxy) is 1. The van der Waals surface area contributed by atoms with Gasteiger partial charge in [-0.1, -0.05) is 48.9 Å². The quantitative estimate of drug-likeness (QED) is 0.259. The normalized spacial score (nSPS) is 11.0. The zero-order chi connectivity index (χ0) is 26.0. The Morgan fingerprint density at radius 2 is 1.72 bits per heavy atom. The number of fused-ring (bicyclic) bond motifs is 1. The molecule has 36 heavy (non-hydrogen) atoms. The molecule has 0 atom stereocenters. The van der Waals surface area contributed by atoms with Crippen LogP contribution in [-0.4, -0.2) is 38.5 Å². The number of halogens is 1. The average Bonchev–Trinajstić information content (AvgIpc) is 3.23. The third-order valence-electron chi connectivity index (χ3n) is 5.82. The molecule has 9 heteroatoms. The fourth-order valence-corrected chi connectivity index (χ4v) is 4.36. The van der Waals surface area contributed by atoms with Crippen LogP contribution >= 0.6 is 11.6 Å². The fraction of sp³-hybridized carbons (Fsp3) is 0.222. The van der Waals surface area contributed by atoms with Gasteiger partial charge in [-0.2, -0.15) is 5.10 Å². The number of rotatable bonds is 8. The smallest absolute Gasteiger partial charge is 0.303 e. The predicted molar refractivity (Wildman–Crippen MR) is 137 cm³/mol. The van der Waals surface area contributed by atoms with Gasteiger partial charge in [0, 0.05) is 36.4 Å². The Hall–Kier alpha value is -4.04.